The maximum Gasteiger partial charge on any atom is 0.333 e. The molecule has 3 N–H and O–H groups in total. The first-order chi connectivity index (χ1) is 14.1. The number of aryl methyl sites for hydroxylation is 1. The second-order valence-corrected chi connectivity index (χ2v) is 8.04. The van der Waals surface area contributed by atoms with Crippen molar-refractivity contribution in [3.8, 4) is 0 Å². The number of nitrogens with zero attached hydrogens (tertiary/aromatic N) is 3. The molecular formula is C20H23N3O7. The first kappa shape index (κ1) is 20.5. The molecule has 1 fully saturated rings. The van der Waals surface area contributed by atoms with E-state index < -0.39 is 41.4 Å². The topological polar surface area (TPSA) is 140 Å². The Morgan fingerprint density at radius 3 is 2.57 bits per heavy atom. The lowest BCUT2D eigenvalue weighted by molar-refractivity contribution is -0.174. The van der Waals surface area contributed by atoms with Gasteiger partial charge in [0.15, 0.2) is 11.3 Å². The van der Waals surface area contributed by atoms with Gasteiger partial charge in [-0.1, -0.05) is 16.8 Å². The molecule has 10 nitrogen and oxygen atoms in total. The van der Waals surface area contributed by atoms with Crippen molar-refractivity contribution >= 4 is 11.0 Å². The first-order valence-electron chi connectivity index (χ1n) is 9.46. The third-order valence-electron chi connectivity index (χ3n) is 5.78. The van der Waals surface area contributed by atoms with Crippen molar-refractivity contribution in [1.29, 1.82) is 0 Å². The molecule has 3 aromatic rings. The maximum absolute atomic E-state index is 13.2. The molecule has 2 unspecified atom stereocenters. The second kappa shape index (κ2) is 6.88. The lowest BCUT2D eigenvalue weighted by Crippen LogP contribution is -2.52. The van der Waals surface area contributed by atoms with Gasteiger partial charge < -0.3 is 24.6 Å². The molecule has 0 spiro atoms. The molecule has 4 rings (SSSR count). The van der Waals surface area contributed by atoms with Crippen LogP contribution in [0, 0.1) is 6.92 Å². The third kappa shape index (κ3) is 2.91. The van der Waals surface area contributed by atoms with Gasteiger partial charge in [-0.15, -0.1) is 0 Å². The number of aliphatic hydroxyl groups is 3. The Hall–Kier alpha value is -2.79. The molecule has 0 amide bonds. The molecule has 1 aliphatic rings. The highest BCUT2D eigenvalue weighted by Gasteiger charge is 2.59. The summed E-state index contributed by atoms with van der Waals surface area (Å²) >= 11 is 0. The van der Waals surface area contributed by atoms with Gasteiger partial charge in [0, 0.05) is 17.6 Å². The molecule has 0 radical (unpaired) electrons. The number of ether oxygens (including phenoxy) is 1. The standard InChI is InChI=1S/C20H23N3O7/c1-11-4-5-14-12(8-11)13(21-29-14)9-22-15(25)6-7-23(18(22)28)20(3)17(27)16(26)19(2,10-24)30-20/h4-8,16-17,24,26-27H,9-10H2,1-3H3/t16-,17+,19?,20?/m1/s1. The highest BCUT2D eigenvalue weighted by molar-refractivity contribution is 5.80. The molecule has 2 aromatic heterocycles. The SMILES string of the molecule is Cc1ccc2onc(Cn3c(=O)ccn(C4(C)OC(C)(CO)[C@H](O)[C@@H]4O)c3=O)c2c1. The van der Waals surface area contributed by atoms with E-state index in [0.29, 0.717) is 16.7 Å². The predicted octanol–water partition coefficient (Wildman–Crippen LogP) is -0.316. The number of aliphatic hydroxyl groups excluding tert-OH is 3. The minimum absolute atomic E-state index is 0.152. The molecule has 1 aromatic carbocycles. The van der Waals surface area contributed by atoms with Crippen LogP contribution in [0.2, 0.25) is 0 Å². The highest BCUT2D eigenvalue weighted by Crippen LogP contribution is 2.40. The van der Waals surface area contributed by atoms with Gasteiger partial charge in [0.25, 0.3) is 5.56 Å². The van der Waals surface area contributed by atoms with E-state index in [-0.39, 0.29) is 6.54 Å². The van der Waals surface area contributed by atoms with E-state index in [1.165, 1.54) is 20.0 Å². The molecule has 4 atom stereocenters. The van der Waals surface area contributed by atoms with Gasteiger partial charge in [-0.2, -0.15) is 0 Å². The van der Waals surface area contributed by atoms with E-state index in [4.69, 9.17) is 9.26 Å². The van der Waals surface area contributed by atoms with E-state index in [1.807, 2.05) is 19.1 Å². The smallest absolute Gasteiger partial charge is 0.333 e. The summed E-state index contributed by atoms with van der Waals surface area (Å²) in [4.78, 5) is 25.7. The van der Waals surface area contributed by atoms with Crippen LogP contribution in [0.5, 0.6) is 0 Å². The maximum atomic E-state index is 13.2. The van der Waals surface area contributed by atoms with Gasteiger partial charge in [0.05, 0.1) is 13.2 Å². The highest BCUT2D eigenvalue weighted by atomic mass is 16.6. The van der Waals surface area contributed by atoms with Crippen LogP contribution in [-0.2, 0) is 17.0 Å². The summed E-state index contributed by atoms with van der Waals surface area (Å²) in [6, 6.07) is 6.63. The summed E-state index contributed by atoms with van der Waals surface area (Å²) in [5, 5.41) is 35.2. The van der Waals surface area contributed by atoms with Crippen LogP contribution < -0.4 is 11.2 Å². The van der Waals surface area contributed by atoms with Crippen LogP contribution in [0.1, 0.15) is 25.1 Å². The van der Waals surface area contributed by atoms with E-state index in [2.05, 4.69) is 5.16 Å². The Bertz CT molecular complexity index is 1230. The third-order valence-corrected chi connectivity index (χ3v) is 5.78. The summed E-state index contributed by atoms with van der Waals surface area (Å²) in [5.74, 6) is 0. The second-order valence-electron chi connectivity index (χ2n) is 8.04. The van der Waals surface area contributed by atoms with Crippen molar-refractivity contribution in [1.82, 2.24) is 14.3 Å². The zero-order chi connectivity index (χ0) is 21.8. The lowest BCUT2D eigenvalue weighted by Gasteiger charge is -2.31. The Morgan fingerprint density at radius 1 is 1.17 bits per heavy atom. The Morgan fingerprint density at radius 2 is 1.90 bits per heavy atom. The molecular weight excluding hydrogens is 394 g/mol. The monoisotopic (exact) mass is 417 g/mol. The minimum Gasteiger partial charge on any atom is -0.393 e. The molecule has 0 bridgehead atoms. The van der Waals surface area contributed by atoms with Crippen molar-refractivity contribution in [2.45, 2.75) is 50.8 Å². The van der Waals surface area contributed by atoms with Gasteiger partial charge in [-0.3, -0.25) is 13.9 Å². The average molecular weight is 417 g/mol. The number of benzene rings is 1. The van der Waals surface area contributed by atoms with Crippen molar-refractivity contribution in [2.75, 3.05) is 6.61 Å². The number of hydrogen-bond acceptors (Lipinski definition) is 8. The molecule has 10 heteroatoms. The molecule has 1 aliphatic heterocycles. The van der Waals surface area contributed by atoms with Crippen LogP contribution in [-0.4, -0.2) is 54.0 Å². The van der Waals surface area contributed by atoms with Gasteiger partial charge in [0.1, 0.15) is 23.5 Å². The first-order valence-corrected chi connectivity index (χ1v) is 9.46. The average Bonchev–Trinajstić information content (AvgIpc) is 3.18. The van der Waals surface area contributed by atoms with Gasteiger partial charge in [0.2, 0.25) is 0 Å². The summed E-state index contributed by atoms with van der Waals surface area (Å²) in [7, 11) is 0. The Labute approximate surface area is 170 Å². The zero-order valence-corrected chi connectivity index (χ0v) is 16.8. The fraction of sp³-hybridized carbons (Fsp3) is 0.450. The number of fused-ring (bicyclic) bond motifs is 1. The fourth-order valence-electron chi connectivity index (χ4n) is 3.90. The summed E-state index contributed by atoms with van der Waals surface area (Å²) in [5.41, 5.74) is -2.60. The van der Waals surface area contributed by atoms with Crippen LogP contribution in [0.4, 0.5) is 0 Å². The Balaban J connectivity index is 1.81. The molecule has 1 saturated heterocycles. The van der Waals surface area contributed by atoms with E-state index in [0.717, 1.165) is 20.8 Å². The largest absolute Gasteiger partial charge is 0.393 e. The van der Waals surface area contributed by atoms with Crippen molar-refractivity contribution in [3.05, 3.63) is 62.6 Å². The summed E-state index contributed by atoms with van der Waals surface area (Å²) < 4.78 is 13.0. The van der Waals surface area contributed by atoms with Gasteiger partial charge >= 0.3 is 5.69 Å². The van der Waals surface area contributed by atoms with Gasteiger partial charge in [-0.05, 0) is 32.9 Å². The molecule has 0 saturated carbocycles. The van der Waals surface area contributed by atoms with Gasteiger partial charge in [-0.25, -0.2) is 4.79 Å². The number of aromatic nitrogens is 3. The van der Waals surface area contributed by atoms with E-state index >= 15 is 0 Å². The summed E-state index contributed by atoms with van der Waals surface area (Å²) in [6.45, 7) is 4.02. The van der Waals surface area contributed by atoms with Crippen LogP contribution in [0.15, 0.2) is 44.6 Å². The van der Waals surface area contributed by atoms with Crippen LogP contribution in [0.3, 0.4) is 0 Å². The molecule has 0 aliphatic carbocycles. The lowest BCUT2D eigenvalue weighted by atomic mass is 9.96. The van der Waals surface area contributed by atoms with Crippen molar-refractivity contribution in [2.24, 2.45) is 0 Å². The minimum atomic E-state index is -1.70. The van der Waals surface area contributed by atoms with Crippen LogP contribution >= 0.6 is 0 Å². The molecule has 160 valence electrons. The normalized spacial score (nSPS) is 29.0. The van der Waals surface area contributed by atoms with E-state index in [9.17, 15) is 24.9 Å². The van der Waals surface area contributed by atoms with E-state index in [1.54, 1.807) is 6.07 Å². The number of rotatable bonds is 4. The summed E-state index contributed by atoms with van der Waals surface area (Å²) in [6.07, 6.45) is -1.76. The van der Waals surface area contributed by atoms with Crippen LogP contribution in [0.25, 0.3) is 11.0 Å². The Kier molecular flexibility index (Phi) is 4.70. The zero-order valence-electron chi connectivity index (χ0n) is 16.8. The van der Waals surface area contributed by atoms with Crippen molar-refractivity contribution < 1.29 is 24.6 Å². The quantitative estimate of drug-likeness (QED) is 0.525. The molecule has 30 heavy (non-hydrogen) atoms. The molecule has 3 heterocycles. The number of hydrogen-bond donors (Lipinski definition) is 3. The fourth-order valence-corrected chi connectivity index (χ4v) is 3.90. The van der Waals surface area contributed by atoms with Crippen molar-refractivity contribution in [3.63, 3.8) is 0 Å². The predicted molar refractivity (Wildman–Crippen MR) is 105 cm³/mol.